The Morgan fingerprint density at radius 1 is 1.00 bits per heavy atom. The number of aromatic nitrogens is 1. The molecule has 1 aromatic heterocycles. The van der Waals surface area contributed by atoms with Crippen molar-refractivity contribution in [3.8, 4) is 11.5 Å². The number of hydrogen-bond acceptors (Lipinski definition) is 3. The van der Waals surface area contributed by atoms with Crippen molar-refractivity contribution < 1.29 is 9.53 Å². The van der Waals surface area contributed by atoms with Gasteiger partial charge in [-0.3, -0.25) is 9.78 Å². The molecule has 1 aromatic carbocycles. The van der Waals surface area contributed by atoms with Crippen molar-refractivity contribution in [3.63, 3.8) is 0 Å². The molecule has 1 aliphatic carbocycles. The van der Waals surface area contributed by atoms with Crippen LogP contribution in [0.3, 0.4) is 0 Å². The van der Waals surface area contributed by atoms with Crippen molar-refractivity contribution in [2.45, 2.75) is 51.0 Å². The van der Waals surface area contributed by atoms with E-state index in [0.717, 1.165) is 12.8 Å². The SMILES string of the molecule is CN(C(=O)c1ccc(Oc2cccnc2)cc1)C1CCCCCCC1. The number of benzene rings is 1. The zero-order valence-corrected chi connectivity index (χ0v) is 14.9. The Balaban J connectivity index is 1.63. The van der Waals surface area contributed by atoms with Crippen molar-refractivity contribution in [2.24, 2.45) is 0 Å². The fourth-order valence-corrected chi connectivity index (χ4v) is 3.40. The van der Waals surface area contributed by atoms with Gasteiger partial charge in [-0.2, -0.15) is 0 Å². The van der Waals surface area contributed by atoms with Crippen molar-refractivity contribution in [2.75, 3.05) is 7.05 Å². The predicted molar refractivity (Wildman–Crippen MR) is 99.0 cm³/mol. The highest BCUT2D eigenvalue weighted by molar-refractivity contribution is 5.94. The van der Waals surface area contributed by atoms with Gasteiger partial charge in [0.2, 0.25) is 0 Å². The Morgan fingerprint density at radius 3 is 2.32 bits per heavy atom. The Morgan fingerprint density at radius 2 is 1.68 bits per heavy atom. The Hall–Kier alpha value is -2.36. The lowest BCUT2D eigenvalue weighted by atomic mass is 9.95. The quantitative estimate of drug-likeness (QED) is 0.782. The van der Waals surface area contributed by atoms with E-state index in [2.05, 4.69) is 4.98 Å². The average Bonchev–Trinajstić information content (AvgIpc) is 2.62. The normalized spacial score (nSPS) is 15.9. The number of ether oxygens (including phenoxy) is 1. The summed E-state index contributed by atoms with van der Waals surface area (Å²) in [4.78, 5) is 18.7. The summed E-state index contributed by atoms with van der Waals surface area (Å²) in [7, 11) is 1.94. The third-order valence-corrected chi connectivity index (χ3v) is 4.91. The molecule has 0 unspecified atom stereocenters. The largest absolute Gasteiger partial charge is 0.456 e. The van der Waals surface area contributed by atoms with Crippen LogP contribution in [-0.2, 0) is 0 Å². The van der Waals surface area contributed by atoms with Gasteiger partial charge in [0.05, 0.1) is 6.20 Å². The van der Waals surface area contributed by atoms with Crippen LogP contribution < -0.4 is 4.74 Å². The van der Waals surface area contributed by atoms with Crippen LogP contribution in [0.1, 0.15) is 55.3 Å². The fourth-order valence-electron chi connectivity index (χ4n) is 3.40. The molecule has 0 bridgehead atoms. The predicted octanol–water partition coefficient (Wildman–Crippen LogP) is 5.06. The average molecular weight is 338 g/mol. The molecule has 2 aromatic rings. The van der Waals surface area contributed by atoms with E-state index in [1.54, 1.807) is 12.4 Å². The molecule has 0 saturated heterocycles. The van der Waals surface area contributed by atoms with Gasteiger partial charge in [0.15, 0.2) is 0 Å². The first-order valence-electron chi connectivity index (χ1n) is 9.19. The number of amides is 1. The Bertz CT molecular complexity index is 662. The van der Waals surface area contributed by atoms with Crippen molar-refractivity contribution in [1.82, 2.24) is 9.88 Å². The van der Waals surface area contributed by atoms with Gasteiger partial charge in [-0.05, 0) is 49.2 Å². The maximum absolute atomic E-state index is 12.8. The molecule has 1 heterocycles. The molecule has 0 spiro atoms. The number of carbonyl (C=O) groups is 1. The van der Waals surface area contributed by atoms with E-state index in [0.29, 0.717) is 23.1 Å². The minimum absolute atomic E-state index is 0.0958. The summed E-state index contributed by atoms with van der Waals surface area (Å²) in [5.41, 5.74) is 0.711. The first-order valence-corrected chi connectivity index (χ1v) is 9.19. The molecular weight excluding hydrogens is 312 g/mol. The number of hydrogen-bond donors (Lipinski definition) is 0. The highest BCUT2D eigenvalue weighted by Gasteiger charge is 2.21. The van der Waals surface area contributed by atoms with E-state index in [4.69, 9.17) is 4.74 Å². The van der Waals surface area contributed by atoms with Crippen LogP contribution in [0.2, 0.25) is 0 Å². The Labute approximate surface area is 149 Å². The molecule has 132 valence electrons. The molecule has 3 rings (SSSR count). The maximum atomic E-state index is 12.8. The van der Waals surface area contributed by atoms with Crippen LogP contribution in [0.4, 0.5) is 0 Å². The van der Waals surface area contributed by atoms with Gasteiger partial charge < -0.3 is 9.64 Å². The first-order chi connectivity index (χ1) is 12.2. The van der Waals surface area contributed by atoms with E-state index >= 15 is 0 Å². The highest BCUT2D eigenvalue weighted by atomic mass is 16.5. The van der Waals surface area contributed by atoms with Crippen molar-refractivity contribution in [3.05, 3.63) is 54.4 Å². The molecule has 4 heteroatoms. The first kappa shape index (κ1) is 17.5. The minimum Gasteiger partial charge on any atom is -0.456 e. The van der Waals surface area contributed by atoms with Gasteiger partial charge >= 0.3 is 0 Å². The van der Waals surface area contributed by atoms with E-state index in [1.807, 2.05) is 48.3 Å². The van der Waals surface area contributed by atoms with E-state index in [1.165, 1.54) is 32.1 Å². The van der Waals surface area contributed by atoms with Crippen molar-refractivity contribution in [1.29, 1.82) is 0 Å². The third kappa shape index (κ3) is 4.81. The summed E-state index contributed by atoms with van der Waals surface area (Å²) in [5, 5.41) is 0. The molecule has 25 heavy (non-hydrogen) atoms. The molecule has 1 fully saturated rings. The van der Waals surface area contributed by atoms with Gasteiger partial charge in [0.1, 0.15) is 11.5 Å². The topological polar surface area (TPSA) is 42.4 Å². The molecule has 4 nitrogen and oxygen atoms in total. The second-order valence-electron chi connectivity index (χ2n) is 6.73. The smallest absolute Gasteiger partial charge is 0.253 e. The van der Waals surface area contributed by atoms with Gasteiger partial charge in [0, 0.05) is 24.8 Å². The van der Waals surface area contributed by atoms with Crippen LogP contribution in [0.15, 0.2) is 48.8 Å². The summed E-state index contributed by atoms with van der Waals surface area (Å²) < 4.78 is 5.73. The van der Waals surface area contributed by atoms with Crippen LogP contribution in [0.25, 0.3) is 0 Å². The molecule has 0 atom stereocenters. The second-order valence-corrected chi connectivity index (χ2v) is 6.73. The van der Waals surface area contributed by atoms with Crippen molar-refractivity contribution >= 4 is 5.91 Å². The molecule has 1 amide bonds. The van der Waals surface area contributed by atoms with Gasteiger partial charge in [0.25, 0.3) is 5.91 Å². The summed E-state index contributed by atoms with van der Waals surface area (Å²) in [5.74, 6) is 1.49. The summed E-state index contributed by atoms with van der Waals surface area (Å²) in [6.45, 7) is 0. The number of nitrogens with zero attached hydrogens (tertiary/aromatic N) is 2. The highest BCUT2D eigenvalue weighted by Crippen LogP contribution is 2.24. The summed E-state index contributed by atoms with van der Waals surface area (Å²) >= 11 is 0. The summed E-state index contributed by atoms with van der Waals surface area (Å²) in [6, 6.07) is 11.4. The van der Waals surface area contributed by atoms with Crippen LogP contribution in [-0.4, -0.2) is 28.9 Å². The lowest BCUT2D eigenvalue weighted by Crippen LogP contribution is -2.37. The molecule has 1 aliphatic rings. The van der Waals surface area contributed by atoms with Crippen LogP contribution in [0.5, 0.6) is 11.5 Å². The van der Waals surface area contributed by atoms with Crippen LogP contribution in [0, 0.1) is 0 Å². The zero-order valence-electron chi connectivity index (χ0n) is 14.9. The number of rotatable bonds is 4. The van der Waals surface area contributed by atoms with E-state index < -0.39 is 0 Å². The van der Waals surface area contributed by atoms with E-state index in [-0.39, 0.29) is 5.91 Å². The lowest BCUT2D eigenvalue weighted by Gasteiger charge is -2.30. The summed E-state index contributed by atoms with van der Waals surface area (Å²) in [6.07, 6.45) is 12.0. The van der Waals surface area contributed by atoms with Gasteiger partial charge in [-0.15, -0.1) is 0 Å². The molecule has 1 saturated carbocycles. The minimum atomic E-state index is 0.0958. The standard InChI is InChI=1S/C21H26N2O2/c1-23(18-8-5-3-2-4-6-9-18)21(24)17-11-13-19(14-12-17)25-20-10-7-15-22-16-20/h7,10-16,18H,2-6,8-9H2,1H3. The molecule has 0 radical (unpaired) electrons. The number of pyridine rings is 1. The maximum Gasteiger partial charge on any atom is 0.253 e. The van der Waals surface area contributed by atoms with Gasteiger partial charge in [-0.1, -0.05) is 32.1 Å². The van der Waals surface area contributed by atoms with E-state index in [9.17, 15) is 4.79 Å². The lowest BCUT2D eigenvalue weighted by molar-refractivity contribution is 0.0707. The molecule has 0 aliphatic heterocycles. The second kappa shape index (κ2) is 8.65. The fraction of sp³-hybridized carbons (Fsp3) is 0.429. The zero-order chi connectivity index (χ0) is 17.5. The van der Waals surface area contributed by atoms with Gasteiger partial charge in [-0.25, -0.2) is 0 Å². The van der Waals surface area contributed by atoms with Crippen LogP contribution >= 0.6 is 0 Å². The Kier molecular flexibility index (Phi) is 6.04. The third-order valence-electron chi connectivity index (χ3n) is 4.91. The molecule has 0 N–H and O–H groups in total. The number of carbonyl (C=O) groups excluding carboxylic acids is 1. The monoisotopic (exact) mass is 338 g/mol. The molecular formula is C21H26N2O2.